The van der Waals surface area contributed by atoms with Gasteiger partial charge in [0.25, 0.3) is 0 Å². The molecule has 0 saturated heterocycles. The Bertz CT molecular complexity index is 324. The van der Waals surface area contributed by atoms with E-state index in [1.165, 1.54) is 22.3 Å². The Labute approximate surface area is 106 Å². The zero-order valence-electron chi connectivity index (χ0n) is 11.0. The molecule has 1 aromatic rings. The molecule has 0 spiro atoms. The highest BCUT2D eigenvalue weighted by Gasteiger charge is 2.17. The van der Waals surface area contributed by atoms with E-state index in [1.54, 1.807) is 0 Å². The lowest BCUT2D eigenvalue weighted by molar-refractivity contribution is 0.454. The van der Waals surface area contributed by atoms with Crippen LogP contribution in [0.1, 0.15) is 48.6 Å². The van der Waals surface area contributed by atoms with E-state index in [9.17, 15) is 0 Å². The molecule has 0 saturated carbocycles. The van der Waals surface area contributed by atoms with Crippen molar-refractivity contribution in [3.05, 3.63) is 34.4 Å². The van der Waals surface area contributed by atoms with Gasteiger partial charge in [0.05, 0.1) is 0 Å². The van der Waals surface area contributed by atoms with Gasteiger partial charge in [0.2, 0.25) is 0 Å². The Hall–Kier alpha value is -0.530. The number of rotatable bonds is 3. The van der Waals surface area contributed by atoms with E-state index >= 15 is 0 Å². The second-order valence-corrected chi connectivity index (χ2v) is 4.72. The molecule has 0 amide bonds. The topological polar surface area (TPSA) is 26.0 Å². The average molecular weight is 242 g/mol. The molecule has 16 heavy (non-hydrogen) atoms. The van der Waals surface area contributed by atoms with Crippen LogP contribution in [-0.2, 0) is 0 Å². The number of hydrogen-bond donors (Lipinski definition) is 1. The van der Waals surface area contributed by atoms with Crippen LogP contribution in [-0.4, -0.2) is 0 Å². The van der Waals surface area contributed by atoms with Gasteiger partial charge in [0, 0.05) is 6.04 Å². The van der Waals surface area contributed by atoms with Gasteiger partial charge in [-0.25, -0.2) is 0 Å². The SMILES string of the molecule is CCC(C)[C@@H](N)c1c(C)cc(C)cc1C.Cl. The second-order valence-electron chi connectivity index (χ2n) is 4.72. The molecule has 0 fully saturated rings. The number of benzene rings is 1. The molecule has 0 aromatic heterocycles. The lowest BCUT2D eigenvalue weighted by atomic mass is 9.87. The lowest BCUT2D eigenvalue weighted by Gasteiger charge is -2.23. The van der Waals surface area contributed by atoms with Gasteiger partial charge in [-0.2, -0.15) is 0 Å². The first kappa shape index (κ1) is 15.5. The summed E-state index contributed by atoms with van der Waals surface area (Å²) in [6.45, 7) is 10.9. The molecule has 0 aliphatic carbocycles. The number of hydrogen-bond acceptors (Lipinski definition) is 1. The summed E-state index contributed by atoms with van der Waals surface area (Å²) in [5.74, 6) is 0.546. The molecule has 1 nitrogen and oxygen atoms in total. The first-order valence-corrected chi connectivity index (χ1v) is 5.80. The molecule has 1 aromatic carbocycles. The van der Waals surface area contributed by atoms with Crippen LogP contribution in [0, 0.1) is 26.7 Å². The van der Waals surface area contributed by atoms with E-state index < -0.39 is 0 Å². The van der Waals surface area contributed by atoms with E-state index in [0.717, 1.165) is 6.42 Å². The molecule has 92 valence electrons. The van der Waals surface area contributed by atoms with Crippen molar-refractivity contribution in [2.75, 3.05) is 0 Å². The number of halogens is 1. The molecule has 2 heteroatoms. The minimum absolute atomic E-state index is 0. The van der Waals surface area contributed by atoms with Gasteiger partial charge < -0.3 is 5.73 Å². The molecule has 0 heterocycles. The van der Waals surface area contributed by atoms with Gasteiger partial charge in [0.15, 0.2) is 0 Å². The van der Waals surface area contributed by atoms with E-state index in [1.807, 2.05) is 0 Å². The van der Waals surface area contributed by atoms with Gasteiger partial charge >= 0.3 is 0 Å². The van der Waals surface area contributed by atoms with Gasteiger partial charge in [-0.15, -0.1) is 12.4 Å². The van der Waals surface area contributed by atoms with E-state index in [-0.39, 0.29) is 18.4 Å². The van der Waals surface area contributed by atoms with Crippen LogP contribution in [0.5, 0.6) is 0 Å². The first-order valence-electron chi connectivity index (χ1n) is 5.80. The molecule has 0 radical (unpaired) electrons. The molecule has 1 rings (SSSR count). The minimum Gasteiger partial charge on any atom is -0.324 e. The van der Waals surface area contributed by atoms with Gasteiger partial charge in [0.1, 0.15) is 0 Å². The van der Waals surface area contributed by atoms with Crippen molar-refractivity contribution in [2.45, 2.75) is 47.1 Å². The number of nitrogens with two attached hydrogens (primary N) is 1. The van der Waals surface area contributed by atoms with Crippen molar-refractivity contribution in [1.82, 2.24) is 0 Å². The fourth-order valence-corrected chi connectivity index (χ4v) is 2.26. The maximum Gasteiger partial charge on any atom is 0.0326 e. The molecule has 0 aliphatic rings. The molecular formula is C14H24ClN. The highest BCUT2D eigenvalue weighted by Crippen LogP contribution is 2.28. The highest BCUT2D eigenvalue weighted by molar-refractivity contribution is 5.85. The van der Waals surface area contributed by atoms with Gasteiger partial charge in [-0.05, 0) is 43.4 Å². The summed E-state index contributed by atoms with van der Waals surface area (Å²) in [4.78, 5) is 0. The Balaban J connectivity index is 0.00000225. The normalized spacial score (nSPS) is 14.1. The van der Waals surface area contributed by atoms with Gasteiger partial charge in [-0.3, -0.25) is 0 Å². The second kappa shape index (κ2) is 6.27. The summed E-state index contributed by atoms with van der Waals surface area (Å²) in [6, 6.07) is 4.63. The molecule has 0 aliphatic heterocycles. The summed E-state index contributed by atoms with van der Waals surface area (Å²) in [6.07, 6.45) is 1.13. The quantitative estimate of drug-likeness (QED) is 0.848. The molecule has 0 bridgehead atoms. The summed E-state index contributed by atoms with van der Waals surface area (Å²) in [5, 5.41) is 0. The van der Waals surface area contributed by atoms with Crippen molar-refractivity contribution >= 4 is 12.4 Å². The molecule has 1 unspecified atom stereocenters. The van der Waals surface area contributed by atoms with Crippen LogP contribution in [0.2, 0.25) is 0 Å². The molecule has 2 atom stereocenters. The lowest BCUT2D eigenvalue weighted by Crippen LogP contribution is -2.20. The van der Waals surface area contributed by atoms with E-state index in [2.05, 4.69) is 46.8 Å². The van der Waals surface area contributed by atoms with E-state index in [0.29, 0.717) is 5.92 Å². The van der Waals surface area contributed by atoms with Crippen molar-refractivity contribution in [2.24, 2.45) is 11.7 Å². The third-order valence-electron chi connectivity index (χ3n) is 3.33. The Morgan fingerprint density at radius 2 is 1.56 bits per heavy atom. The maximum atomic E-state index is 6.30. The summed E-state index contributed by atoms with van der Waals surface area (Å²) in [5.41, 5.74) is 11.6. The molecule has 2 N–H and O–H groups in total. The van der Waals surface area contributed by atoms with Crippen molar-refractivity contribution in [1.29, 1.82) is 0 Å². The van der Waals surface area contributed by atoms with Crippen LogP contribution in [0.3, 0.4) is 0 Å². The average Bonchev–Trinajstić information content (AvgIpc) is 2.14. The first-order chi connectivity index (χ1) is 6.97. The summed E-state index contributed by atoms with van der Waals surface area (Å²) < 4.78 is 0. The zero-order valence-corrected chi connectivity index (χ0v) is 11.8. The summed E-state index contributed by atoms with van der Waals surface area (Å²) >= 11 is 0. The van der Waals surface area contributed by atoms with Crippen LogP contribution < -0.4 is 5.73 Å². The standard InChI is InChI=1S/C14H23N.ClH/c1-6-10(3)14(15)13-11(4)7-9(2)8-12(13)5;/h7-8,10,14H,6,15H2,1-5H3;1H/t10?,14-;/m1./s1. The monoisotopic (exact) mass is 241 g/mol. The minimum atomic E-state index is 0. The van der Waals surface area contributed by atoms with E-state index in [4.69, 9.17) is 5.73 Å². The van der Waals surface area contributed by atoms with Crippen molar-refractivity contribution in [3.8, 4) is 0 Å². The third-order valence-corrected chi connectivity index (χ3v) is 3.33. The maximum absolute atomic E-state index is 6.30. The van der Waals surface area contributed by atoms with Gasteiger partial charge in [-0.1, -0.05) is 38.0 Å². The third kappa shape index (κ3) is 3.23. The predicted molar refractivity (Wildman–Crippen MR) is 74.3 cm³/mol. The van der Waals surface area contributed by atoms with Crippen molar-refractivity contribution in [3.63, 3.8) is 0 Å². The largest absolute Gasteiger partial charge is 0.324 e. The predicted octanol–water partition coefficient (Wildman–Crippen LogP) is 4.08. The highest BCUT2D eigenvalue weighted by atomic mass is 35.5. The fraction of sp³-hybridized carbons (Fsp3) is 0.571. The van der Waals surface area contributed by atoms with Crippen LogP contribution in [0.15, 0.2) is 12.1 Å². The smallest absolute Gasteiger partial charge is 0.0326 e. The number of aryl methyl sites for hydroxylation is 3. The Morgan fingerprint density at radius 3 is 1.94 bits per heavy atom. The fourth-order valence-electron chi connectivity index (χ4n) is 2.26. The summed E-state index contributed by atoms with van der Waals surface area (Å²) in [7, 11) is 0. The van der Waals surface area contributed by atoms with Crippen LogP contribution in [0.25, 0.3) is 0 Å². The van der Waals surface area contributed by atoms with Crippen molar-refractivity contribution < 1.29 is 0 Å². The van der Waals surface area contributed by atoms with Crippen LogP contribution in [0.4, 0.5) is 0 Å². The van der Waals surface area contributed by atoms with Crippen LogP contribution >= 0.6 is 12.4 Å². The molecular weight excluding hydrogens is 218 g/mol. The Kier molecular flexibility index (Phi) is 6.06. The zero-order chi connectivity index (χ0) is 11.6. The Morgan fingerprint density at radius 1 is 1.12 bits per heavy atom.